The number of carbonyl (C=O) groups excluding carboxylic acids is 1. The smallest absolute Gasteiger partial charge is 0.159 e. The number of pyridine rings is 1. The fraction of sp³-hybridized carbons (Fsp3) is 0.200. The lowest BCUT2D eigenvalue weighted by atomic mass is 10.2. The maximum atomic E-state index is 11.1. The Bertz CT molecular complexity index is 471. The Morgan fingerprint density at radius 3 is 3.00 bits per heavy atom. The third-order valence-corrected chi connectivity index (χ3v) is 2.10. The lowest BCUT2D eigenvalue weighted by Crippen LogP contribution is -1.94. The molecule has 2 heterocycles. The topological polar surface area (TPSA) is 34.4 Å². The van der Waals surface area contributed by atoms with E-state index in [1.54, 1.807) is 19.2 Å². The van der Waals surface area contributed by atoms with Crippen molar-refractivity contribution in [2.24, 2.45) is 0 Å². The molecule has 0 fully saturated rings. The minimum atomic E-state index is 0.0724. The molecular formula is C10H10N2O. The quantitative estimate of drug-likeness (QED) is 0.618. The number of hydrogen-bond acceptors (Lipinski definition) is 2. The molecule has 0 saturated carbocycles. The molecule has 0 amide bonds. The summed E-state index contributed by atoms with van der Waals surface area (Å²) in [7, 11) is 0. The number of aryl methyl sites for hydroxylation is 1. The highest BCUT2D eigenvalue weighted by molar-refractivity contribution is 5.94. The van der Waals surface area contributed by atoms with E-state index in [0.717, 1.165) is 11.3 Å². The maximum Gasteiger partial charge on any atom is 0.159 e. The third kappa shape index (κ3) is 1.22. The van der Waals surface area contributed by atoms with Crippen molar-refractivity contribution in [2.75, 3.05) is 0 Å². The van der Waals surface area contributed by atoms with Gasteiger partial charge in [-0.1, -0.05) is 0 Å². The average molecular weight is 174 g/mol. The van der Waals surface area contributed by atoms with Crippen molar-refractivity contribution in [1.29, 1.82) is 0 Å². The number of aromatic nitrogens is 2. The third-order valence-electron chi connectivity index (χ3n) is 2.10. The van der Waals surface area contributed by atoms with Gasteiger partial charge >= 0.3 is 0 Å². The summed E-state index contributed by atoms with van der Waals surface area (Å²) in [5, 5.41) is 0. The van der Waals surface area contributed by atoms with Gasteiger partial charge < -0.3 is 4.40 Å². The zero-order valence-electron chi connectivity index (χ0n) is 7.61. The summed E-state index contributed by atoms with van der Waals surface area (Å²) in [6, 6.07) is 3.61. The van der Waals surface area contributed by atoms with Crippen molar-refractivity contribution >= 4 is 11.4 Å². The monoisotopic (exact) mass is 174 g/mol. The van der Waals surface area contributed by atoms with Crippen molar-refractivity contribution in [3.05, 3.63) is 35.8 Å². The molecule has 0 atom stereocenters. The van der Waals surface area contributed by atoms with E-state index in [-0.39, 0.29) is 5.78 Å². The number of nitrogens with zero attached hydrogens (tertiary/aromatic N) is 2. The predicted octanol–water partition coefficient (Wildman–Crippen LogP) is 1.85. The second-order valence-electron chi connectivity index (χ2n) is 3.10. The van der Waals surface area contributed by atoms with Crippen molar-refractivity contribution in [1.82, 2.24) is 9.38 Å². The highest BCUT2D eigenvalue weighted by Gasteiger charge is 2.02. The van der Waals surface area contributed by atoms with Gasteiger partial charge in [0, 0.05) is 23.7 Å². The summed E-state index contributed by atoms with van der Waals surface area (Å²) >= 11 is 0. The van der Waals surface area contributed by atoms with Gasteiger partial charge in [0.15, 0.2) is 5.78 Å². The van der Waals surface area contributed by atoms with Gasteiger partial charge in [-0.2, -0.15) is 0 Å². The lowest BCUT2D eigenvalue weighted by molar-refractivity contribution is 0.101. The first-order valence-corrected chi connectivity index (χ1v) is 4.13. The molecule has 66 valence electrons. The first-order valence-electron chi connectivity index (χ1n) is 4.13. The summed E-state index contributed by atoms with van der Waals surface area (Å²) in [5.41, 5.74) is 2.61. The molecule has 0 aromatic carbocycles. The van der Waals surface area contributed by atoms with E-state index in [9.17, 15) is 4.79 Å². The molecule has 0 saturated heterocycles. The second-order valence-corrected chi connectivity index (χ2v) is 3.10. The molecule has 0 aliphatic carbocycles. The molecule has 2 aromatic heterocycles. The van der Waals surface area contributed by atoms with E-state index in [4.69, 9.17) is 0 Å². The number of imidazole rings is 1. The molecule has 2 aromatic rings. The van der Waals surface area contributed by atoms with Crippen LogP contribution in [0.1, 0.15) is 23.0 Å². The molecule has 0 bridgehead atoms. The molecule has 0 radical (unpaired) electrons. The molecule has 3 heteroatoms. The van der Waals surface area contributed by atoms with Gasteiger partial charge in [0.25, 0.3) is 0 Å². The molecule has 0 spiro atoms. The number of carbonyl (C=O) groups is 1. The van der Waals surface area contributed by atoms with E-state index in [1.807, 2.05) is 23.6 Å². The van der Waals surface area contributed by atoms with Gasteiger partial charge in [0.1, 0.15) is 5.65 Å². The highest BCUT2D eigenvalue weighted by Crippen LogP contribution is 2.08. The number of hydrogen-bond donors (Lipinski definition) is 0. The SMILES string of the molecule is CC(=O)c1ccn2c(C)cnc2c1. The van der Waals surface area contributed by atoms with E-state index >= 15 is 0 Å². The van der Waals surface area contributed by atoms with E-state index < -0.39 is 0 Å². The lowest BCUT2D eigenvalue weighted by Gasteiger charge is -1.98. The summed E-state index contributed by atoms with van der Waals surface area (Å²) < 4.78 is 1.95. The van der Waals surface area contributed by atoms with Gasteiger partial charge in [0.2, 0.25) is 0 Å². The van der Waals surface area contributed by atoms with E-state index in [2.05, 4.69) is 4.98 Å². The predicted molar refractivity (Wildman–Crippen MR) is 49.9 cm³/mol. The Morgan fingerprint density at radius 2 is 2.31 bits per heavy atom. The summed E-state index contributed by atoms with van der Waals surface area (Å²) in [6.07, 6.45) is 3.66. The van der Waals surface area contributed by atoms with Crippen LogP contribution in [-0.4, -0.2) is 15.2 Å². The summed E-state index contributed by atoms with van der Waals surface area (Å²) in [6.45, 7) is 3.54. The molecule has 0 aliphatic rings. The minimum Gasteiger partial charge on any atom is -0.304 e. The van der Waals surface area contributed by atoms with Crippen LogP contribution in [0, 0.1) is 6.92 Å². The molecule has 0 N–H and O–H groups in total. The Hall–Kier alpha value is -1.64. The standard InChI is InChI=1S/C10H10N2O/c1-7-6-11-10-5-9(8(2)13)3-4-12(7)10/h3-6H,1-2H3. The molecule has 0 unspecified atom stereocenters. The Labute approximate surface area is 76.0 Å². The Kier molecular flexibility index (Phi) is 1.65. The molecule has 3 nitrogen and oxygen atoms in total. The van der Waals surface area contributed by atoms with Crippen LogP contribution in [0.15, 0.2) is 24.5 Å². The van der Waals surface area contributed by atoms with Crippen molar-refractivity contribution in [3.63, 3.8) is 0 Å². The number of rotatable bonds is 1. The molecule has 2 rings (SSSR count). The second kappa shape index (κ2) is 2.69. The highest BCUT2D eigenvalue weighted by atomic mass is 16.1. The van der Waals surface area contributed by atoms with Gasteiger partial charge in [-0.15, -0.1) is 0 Å². The van der Waals surface area contributed by atoms with Crippen LogP contribution in [-0.2, 0) is 0 Å². The average Bonchev–Trinajstić information content (AvgIpc) is 2.47. The van der Waals surface area contributed by atoms with Crippen molar-refractivity contribution < 1.29 is 4.79 Å². The van der Waals surface area contributed by atoms with Gasteiger partial charge in [-0.25, -0.2) is 4.98 Å². The van der Waals surface area contributed by atoms with Crippen LogP contribution in [0.3, 0.4) is 0 Å². The van der Waals surface area contributed by atoms with Gasteiger partial charge in [-0.3, -0.25) is 4.79 Å². The van der Waals surface area contributed by atoms with Crippen molar-refractivity contribution in [3.8, 4) is 0 Å². The maximum absolute atomic E-state index is 11.1. The molecular weight excluding hydrogens is 164 g/mol. The fourth-order valence-electron chi connectivity index (χ4n) is 1.33. The first-order chi connectivity index (χ1) is 6.18. The Balaban J connectivity index is 2.70. The van der Waals surface area contributed by atoms with Crippen LogP contribution < -0.4 is 0 Å². The summed E-state index contributed by atoms with van der Waals surface area (Å²) in [4.78, 5) is 15.2. The van der Waals surface area contributed by atoms with Crippen molar-refractivity contribution in [2.45, 2.75) is 13.8 Å². The number of ketones is 1. The normalized spacial score (nSPS) is 10.6. The largest absolute Gasteiger partial charge is 0.304 e. The zero-order chi connectivity index (χ0) is 9.42. The van der Waals surface area contributed by atoms with Crippen LogP contribution in [0.2, 0.25) is 0 Å². The number of Topliss-reactive ketones (excluding diaryl/α,β-unsaturated/α-hetero) is 1. The van der Waals surface area contributed by atoms with Crippen LogP contribution in [0.25, 0.3) is 5.65 Å². The van der Waals surface area contributed by atoms with Gasteiger partial charge in [-0.05, 0) is 26.0 Å². The zero-order valence-corrected chi connectivity index (χ0v) is 7.61. The minimum absolute atomic E-state index is 0.0724. The van der Waals surface area contributed by atoms with E-state index in [1.165, 1.54) is 0 Å². The van der Waals surface area contributed by atoms with Crippen LogP contribution in [0.4, 0.5) is 0 Å². The fourth-order valence-corrected chi connectivity index (χ4v) is 1.33. The van der Waals surface area contributed by atoms with Crippen LogP contribution >= 0.6 is 0 Å². The number of fused-ring (bicyclic) bond motifs is 1. The molecule has 13 heavy (non-hydrogen) atoms. The van der Waals surface area contributed by atoms with E-state index in [0.29, 0.717) is 5.56 Å². The van der Waals surface area contributed by atoms with Crippen LogP contribution in [0.5, 0.6) is 0 Å². The summed E-state index contributed by atoms with van der Waals surface area (Å²) in [5.74, 6) is 0.0724. The van der Waals surface area contributed by atoms with Gasteiger partial charge in [0.05, 0.1) is 0 Å². The molecule has 0 aliphatic heterocycles. The Morgan fingerprint density at radius 1 is 1.54 bits per heavy atom. The first kappa shape index (κ1) is 7.98.